The summed E-state index contributed by atoms with van der Waals surface area (Å²) in [5.74, 6) is 1.03. The summed E-state index contributed by atoms with van der Waals surface area (Å²) in [6, 6.07) is 0.690. The molecule has 6 heteroatoms. The van der Waals surface area contributed by atoms with Crippen LogP contribution in [-0.2, 0) is 13.1 Å². The molecule has 0 aromatic carbocycles. The molecule has 0 radical (unpaired) electrons. The predicted molar refractivity (Wildman–Crippen MR) is 60.2 cm³/mol. The van der Waals surface area contributed by atoms with Gasteiger partial charge in [-0.1, -0.05) is 10.3 Å². The molecule has 1 aliphatic rings. The minimum Gasteiger partial charge on any atom is -0.328 e. The van der Waals surface area contributed by atoms with Crippen molar-refractivity contribution in [3.63, 3.8) is 0 Å². The van der Waals surface area contributed by atoms with Crippen molar-refractivity contribution in [3.8, 4) is 0 Å². The molecule has 1 N–H and O–H groups in total. The van der Waals surface area contributed by atoms with Gasteiger partial charge in [0.15, 0.2) is 0 Å². The van der Waals surface area contributed by atoms with E-state index in [4.69, 9.17) is 4.63 Å². The number of imidazole rings is 1. The summed E-state index contributed by atoms with van der Waals surface area (Å²) in [6.45, 7) is 3.36. The Morgan fingerprint density at radius 2 is 2.35 bits per heavy atom. The Morgan fingerprint density at radius 1 is 1.47 bits per heavy atom. The van der Waals surface area contributed by atoms with Crippen LogP contribution in [0.1, 0.15) is 30.1 Å². The largest absolute Gasteiger partial charge is 0.328 e. The van der Waals surface area contributed by atoms with Gasteiger partial charge in [0.05, 0.1) is 13.1 Å². The van der Waals surface area contributed by atoms with E-state index in [2.05, 4.69) is 25.2 Å². The highest BCUT2D eigenvalue weighted by atomic mass is 16.6. The molecule has 90 valence electrons. The third-order valence-corrected chi connectivity index (χ3v) is 2.99. The van der Waals surface area contributed by atoms with Crippen molar-refractivity contribution in [1.29, 1.82) is 0 Å². The third kappa shape index (κ3) is 2.36. The average Bonchev–Trinajstić information content (AvgIpc) is 2.92. The lowest BCUT2D eigenvalue weighted by atomic mass is 10.3. The first-order valence-electron chi connectivity index (χ1n) is 5.84. The molecule has 0 aliphatic heterocycles. The van der Waals surface area contributed by atoms with Crippen LogP contribution < -0.4 is 5.32 Å². The fourth-order valence-corrected chi connectivity index (χ4v) is 1.73. The van der Waals surface area contributed by atoms with Crippen LogP contribution in [0, 0.1) is 6.92 Å². The van der Waals surface area contributed by atoms with Gasteiger partial charge < -0.3 is 9.88 Å². The predicted octanol–water partition coefficient (Wildman–Crippen LogP) is 0.875. The van der Waals surface area contributed by atoms with Crippen LogP contribution in [0.2, 0.25) is 0 Å². The second-order valence-electron chi connectivity index (χ2n) is 4.42. The maximum absolute atomic E-state index is 4.69. The van der Waals surface area contributed by atoms with Gasteiger partial charge in [0.2, 0.25) is 0 Å². The first kappa shape index (κ1) is 10.5. The Hall–Kier alpha value is -1.69. The van der Waals surface area contributed by atoms with E-state index in [1.807, 2.05) is 19.3 Å². The van der Waals surface area contributed by atoms with E-state index in [9.17, 15) is 0 Å². The molecule has 2 heterocycles. The fourth-order valence-electron chi connectivity index (χ4n) is 1.73. The van der Waals surface area contributed by atoms with Crippen molar-refractivity contribution >= 4 is 0 Å². The van der Waals surface area contributed by atoms with Gasteiger partial charge in [0.1, 0.15) is 17.2 Å². The molecule has 2 aromatic rings. The highest BCUT2D eigenvalue weighted by molar-refractivity contribution is 5.07. The van der Waals surface area contributed by atoms with Crippen LogP contribution in [0.3, 0.4) is 0 Å². The molecule has 0 unspecified atom stereocenters. The second kappa shape index (κ2) is 4.29. The van der Waals surface area contributed by atoms with Gasteiger partial charge in [-0.2, -0.15) is 0 Å². The zero-order chi connectivity index (χ0) is 11.7. The first-order chi connectivity index (χ1) is 8.33. The standard InChI is InChI=1S/C11H15N5O/c1-8-10(15-17-14-8)7-16-5-4-12-11(16)6-13-9-2-3-9/h4-5,9,13H,2-3,6-7H2,1H3. The normalized spacial score (nSPS) is 15.4. The van der Waals surface area contributed by atoms with Crippen LogP contribution in [-0.4, -0.2) is 25.9 Å². The maximum atomic E-state index is 4.69. The van der Waals surface area contributed by atoms with Gasteiger partial charge in [-0.15, -0.1) is 0 Å². The van der Waals surface area contributed by atoms with E-state index >= 15 is 0 Å². The van der Waals surface area contributed by atoms with Crippen molar-refractivity contribution in [1.82, 2.24) is 25.2 Å². The molecular formula is C11H15N5O. The Morgan fingerprint density at radius 3 is 3.06 bits per heavy atom. The highest BCUT2D eigenvalue weighted by Crippen LogP contribution is 2.19. The Bertz CT molecular complexity index is 499. The van der Waals surface area contributed by atoms with Gasteiger partial charge in [-0.05, 0) is 19.8 Å². The van der Waals surface area contributed by atoms with Crippen molar-refractivity contribution in [2.24, 2.45) is 0 Å². The molecule has 0 amide bonds. The number of rotatable bonds is 5. The minimum atomic E-state index is 0.664. The smallest absolute Gasteiger partial charge is 0.127 e. The van der Waals surface area contributed by atoms with E-state index < -0.39 is 0 Å². The Balaban J connectivity index is 1.69. The summed E-state index contributed by atoms with van der Waals surface area (Å²) in [7, 11) is 0. The summed E-state index contributed by atoms with van der Waals surface area (Å²) < 4.78 is 6.76. The quantitative estimate of drug-likeness (QED) is 0.830. The summed E-state index contributed by atoms with van der Waals surface area (Å²) in [5, 5.41) is 11.1. The molecule has 17 heavy (non-hydrogen) atoms. The van der Waals surface area contributed by atoms with Crippen molar-refractivity contribution in [2.45, 2.75) is 38.9 Å². The molecule has 0 spiro atoms. The van der Waals surface area contributed by atoms with Gasteiger partial charge in [-0.25, -0.2) is 9.61 Å². The number of aromatic nitrogens is 4. The molecule has 2 aromatic heterocycles. The summed E-state index contributed by atoms with van der Waals surface area (Å²) in [6.07, 6.45) is 6.34. The first-order valence-corrected chi connectivity index (χ1v) is 5.84. The third-order valence-electron chi connectivity index (χ3n) is 2.99. The Kier molecular flexibility index (Phi) is 2.64. The number of nitrogens with zero attached hydrogens (tertiary/aromatic N) is 4. The zero-order valence-electron chi connectivity index (χ0n) is 9.76. The Labute approximate surface area is 99.0 Å². The van der Waals surface area contributed by atoms with E-state index in [0.29, 0.717) is 12.6 Å². The molecule has 6 nitrogen and oxygen atoms in total. The van der Waals surface area contributed by atoms with E-state index in [1.165, 1.54) is 12.8 Å². The molecule has 0 saturated heterocycles. The molecular weight excluding hydrogens is 218 g/mol. The zero-order valence-corrected chi connectivity index (χ0v) is 9.76. The van der Waals surface area contributed by atoms with Crippen molar-refractivity contribution in [2.75, 3.05) is 0 Å². The van der Waals surface area contributed by atoms with Gasteiger partial charge in [-0.3, -0.25) is 0 Å². The van der Waals surface area contributed by atoms with E-state index in [0.717, 1.165) is 23.8 Å². The minimum absolute atomic E-state index is 0.664. The number of nitrogens with one attached hydrogen (secondary N) is 1. The SMILES string of the molecule is Cc1nonc1Cn1ccnc1CNC1CC1. The lowest BCUT2D eigenvalue weighted by Crippen LogP contribution is -2.19. The lowest BCUT2D eigenvalue weighted by molar-refractivity contribution is 0.300. The summed E-state index contributed by atoms with van der Waals surface area (Å²) in [4.78, 5) is 4.35. The number of hydrogen-bond acceptors (Lipinski definition) is 5. The van der Waals surface area contributed by atoms with Crippen LogP contribution in [0.15, 0.2) is 17.0 Å². The average molecular weight is 233 g/mol. The van der Waals surface area contributed by atoms with Gasteiger partial charge >= 0.3 is 0 Å². The monoisotopic (exact) mass is 233 g/mol. The molecule has 0 bridgehead atoms. The van der Waals surface area contributed by atoms with Crippen LogP contribution in [0.5, 0.6) is 0 Å². The number of hydrogen-bond donors (Lipinski definition) is 1. The molecule has 1 saturated carbocycles. The van der Waals surface area contributed by atoms with Gasteiger partial charge in [0.25, 0.3) is 0 Å². The molecule has 0 atom stereocenters. The second-order valence-corrected chi connectivity index (χ2v) is 4.42. The van der Waals surface area contributed by atoms with Crippen molar-refractivity contribution in [3.05, 3.63) is 29.6 Å². The molecule has 1 aliphatic carbocycles. The summed E-state index contributed by atoms with van der Waals surface area (Å²) in [5.41, 5.74) is 1.69. The maximum Gasteiger partial charge on any atom is 0.127 e. The lowest BCUT2D eigenvalue weighted by Gasteiger charge is -2.06. The number of aryl methyl sites for hydroxylation is 1. The van der Waals surface area contributed by atoms with E-state index in [-0.39, 0.29) is 0 Å². The van der Waals surface area contributed by atoms with Crippen LogP contribution in [0.25, 0.3) is 0 Å². The highest BCUT2D eigenvalue weighted by Gasteiger charge is 2.21. The topological polar surface area (TPSA) is 68.8 Å². The summed E-state index contributed by atoms with van der Waals surface area (Å²) >= 11 is 0. The molecule has 1 fully saturated rings. The molecule has 3 rings (SSSR count). The van der Waals surface area contributed by atoms with Crippen LogP contribution >= 0.6 is 0 Å². The van der Waals surface area contributed by atoms with Gasteiger partial charge in [0, 0.05) is 18.4 Å². The van der Waals surface area contributed by atoms with E-state index in [1.54, 1.807) is 0 Å². The fraction of sp³-hybridized carbons (Fsp3) is 0.545. The van der Waals surface area contributed by atoms with Crippen LogP contribution in [0.4, 0.5) is 0 Å². The van der Waals surface area contributed by atoms with Crippen molar-refractivity contribution < 1.29 is 4.63 Å².